The van der Waals surface area contributed by atoms with Gasteiger partial charge in [-0.1, -0.05) is 24.3 Å². The van der Waals surface area contributed by atoms with Crippen LogP contribution in [0.15, 0.2) is 60.8 Å². The SMILES string of the molecule is Cc1ccc(NC(=O)N(CCCN(C)C)Cc2ccc(C(=O)Nc3ccccc3N)nc2)cc1C. The number of nitrogens with one attached hydrogen (secondary N) is 2. The van der Waals surface area contributed by atoms with E-state index < -0.39 is 0 Å². The second-order valence-electron chi connectivity index (χ2n) is 8.90. The van der Waals surface area contributed by atoms with Crippen LogP contribution in [0.2, 0.25) is 0 Å². The Balaban J connectivity index is 1.68. The van der Waals surface area contributed by atoms with E-state index in [-0.39, 0.29) is 17.6 Å². The fraction of sp³-hybridized carbons (Fsp3) is 0.296. The second kappa shape index (κ2) is 12.0. The number of urea groups is 1. The van der Waals surface area contributed by atoms with Gasteiger partial charge in [-0.15, -0.1) is 0 Å². The van der Waals surface area contributed by atoms with Gasteiger partial charge < -0.3 is 26.2 Å². The van der Waals surface area contributed by atoms with E-state index in [1.165, 1.54) is 5.56 Å². The highest BCUT2D eigenvalue weighted by atomic mass is 16.2. The summed E-state index contributed by atoms with van der Waals surface area (Å²) in [5.74, 6) is -0.343. The van der Waals surface area contributed by atoms with Crippen LogP contribution in [-0.2, 0) is 6.54 Å². The van der Waals surface area contributed by atoms with E-state index in [2.05, 4.69) is 20.5 Å². The third-order valence-corrected chi connectivity index (χ3v) is 5.72. The molecule has 1 aromatic heterocycles. The number of nitrogens with two attached hydrogens (primary N) is 1. The van der Waals surface area contributed by atoms with Crippen LogP contribution in [0, 0.1) is 13.8 Å². The predicted molar refractivity (Wildman–Crippen MR) is 142 cm³/mol. The summed E-state index contributed by atoms with van der Waals surface area (Å²) in [4.78, 5) is 33.8. The zero-order valence-electron chi connectivity index (χ0n) is 20.8. The molecule has 4 N–H and O–H groups in total. The van der Waals surface area contributed by atoms with Gasteiger partial charge in [-0.05, 0) is 87.9 Å². The molecule has 0 saturated carbocycles. The number of hydrogen-bond acceptors (Lipinski definition) is 5. The van der Waals surface area contributed by atoms with Gasteiger partial charge in [0.2, 0.25) is 0 Å². The van der Waals surface area contributed by atoms with E-state index in [4.69, 9.17) is 5.73 Å². The lowest BCUT2D eigenvalue weighted by molar-refractivity contribution is 0.102. The summed E-state index contributed by atoms with van der Waals surface area (Å²) >= 11 is 0. The normalized spacial score (nSPS) is 10.8. The molecule has 0 aliphatic carbocycles. The Labute approximate surface area is 207 Å². The van der Waals surface area contributed by atoms with E-state index in [0.717, 1.165) is 29.8 Å². The number of aromatic nitrogens is 1. The third kappa shape index (κ3) is 7.55. The van der Waals surface area contributed by atoms with Gasteiger partial charge in [0.15, 0.2) is 0 Å². The number of benzene rings is 2. The van der Waals surface area contributed by atoms with Crippen molar-refractivity contribution >= 4 is 29.0 Å². The van der Waals surface area contributed by atoms with Crippen LogP contribution >= 0.6 is 0 Å². The first kappa shape index (κ1) is 25.7. The molecular formula is C27H34N6O2. The van der Waals surface area contributed by atoms with Crippen LogP contribution in [0.5, 0.6) is 0 Å². The number of carbonyl (C=O) groups is 2. The van der Waals surface area contributed by atoms with Gasteiger partial charge in [0.05, 0.1) is 11.4 Å². The van der Waals surface area contributed by atoms with Crippen LogP contribution in [0.1, 0.15) is 33.6 Å². The minimum atomic E-state index is -0.343. The maximum absolute atomic E-state index is 13.1. The maximum atomic E-state index is 13.1. The van der Waals surface area contributed by atoms with Crippen LogP contribution in [0.4, 0.5) is 21.9 Å². The minimum Gasteiger partial charge on any atom is -0.397 e. The fourth-order valence-electron chi connectivity index (χ4n) is 3.52. The first-order chi connectivity index (χ1) is 16.7. The number of rotatable bonds is 9. The molecule has 3 rings (SSSR count). The van der Waals surface area contributed by atoms with Crippen molar-refractivity contribution in [2.75, 3.05) is 43.6 Å². The van der Waals surface area contributed by atoms with Gasteiger partial charge in [-0.3, -0.25) is 9.78 Å². The zero-order valence-corrected chi connectivity index (χ0v) is 20.8. The van der Waals surface area contributed by atoms with Gasteiger partial charge in [0.25, 0.3) is 5.91 Å². The van der Waals surface area contributed by atoms with Gasteiger partial charge in [0, 0.05) is 25.0 Å². The Morgan fingerprint density at radius 3 is 2.37 bits per heavy atom. The smallest absolute Gasteiger partial charge is 0.322 e. The molecule has 0 atom stereocenters. The quantitative estimate of drug-likeness (QED) is 0.396. The molecule has 184 valence electrons. The highest BCUT2D eigenvalue weighted by Gasteiger charge is 2.16. The van der Waals surface area contributed by atoms with Gasteiger partial charge in [0.1, 0.15) is 5.69 Å². The second-order valence-corrected chi connectivity index (χ2v) is 8.90. The van der Waals surface area contributed by atoms with Crippen molar-refractivity contribution < 1.29 is 9.59 Å². The van der Waals surface area contributed by atoms with Gasteiger partial charge in [-0.2, -0.15) is 0 Å². The van der Waals surface area contributed by atoms with Gasteiger partial charge in [-0.25, -0.2) is 4.79 Å². The summed E-state index contributed by atoms with van der Waals surface area (Å²) in [6.07, 6.45) is 2.46. The third-order valence-electron chi connectivity index (χ3n) is 5.72. The summed E-state index contributed by atoms with van der Waals surface area (Å²) in [6.45, 7) is 5.90. The molecule has 0 aliphatic heterocycles. The molecule has 0 aliphatic rings. The Morgan fingerprint density at radius 2 is 1.71 bits per heavy atom. The molecule has 3 aromatic rings. The lowest BCUT2D eigenvalue weighted by Gasteiger charge is -2.24. The average molecular weight is 475 g/mol. The van der Waals surface area contributed by atoms with E-state index in [1.807, 2.05) is 52.2 Å². The topological polar surface area (TPSA) is 104 Å². The molecule has 1 heterocycles. The van der Waals surface area contributed by atoms with Crippen molar-refractivity contribution in [2.24, 2.45) is 0 Å². The number of anilines is 3. The van der Waals surface area contributed by atoms with Crippen molar-refractivity contribution in [1.29, 1.82) is 0 Å². The predicted octanol–water partition coefficient (Wildman–Crippen LogP) is 4.52. The number of carbonyl (C=O) groups excluding carboxylic acids is 2. The molecular weight excluding hydrogens is 440 g/mol. The van der Waals surface area contributed by atoms with E-state index in [9.17, 15) is 9.59 Å². The number of hydrogen-bond donors (Lipinski definition) is 3. The molecule has 2 aromatic carbocycles. The van der Waals surface area contributed by atoms with Crippen molar-refractivity contribution in [3.63, 3.8) is 0 Å². The standard InChI is InChI=1S/C27H34N6O2/c1-19-10-12-22(16-20(19)2)30-27(35)33(15-7-14-32(3)4)18-21-11-13-25(29-17-21)26(34)31-24-9-6-5-8-23(24)28/h5-6,8-13,16-17H,7,14-15,18,28H2,1-4H3,(H,30,35)(H,31,34). The summed E-state index contributed by atoms with van der Waals surface area (Å²) in [6, 6.07) is 16.2. The van der Waals surface area contributed by atoms with Crippen LogP contribution < -0.4 is 16.4 Å². The summed E-state index contributed by atoms with van der Waals surface area (Å²) in [5, 5.41) is 5.78. The summed E-state index contributed by atoms with van der Waals surface area (Å²) in [5.41, 5.74) is 11.1. The van der Waals surface area contributed by atoms with E-state index >= 15 is 0 Å². The monoisotopic (exact) mass is 474 g/mol. The van der Waals surface area contributed by atoms with Crippen LogP contribution in [0.3, 0.4) is 0 Å². The fourth-order valence-corrected chi connectivity index (χ4v) is 3.52. The lowest BCUT2D eigenvalue weighted by atomic mass is 10.1. The Kier molecular flexibility index (Phi) is 8.80. The van der Waals surface area contributed by atoms with Crippen molar-refractivity contribution in [3.05, 3.63) is 83.2 Å². The zero-order chi connectivity index (χ0) is 25.4. The first-order valence-corrected chi connectivity index (χ1v) is 11.6. The lowest BCUT2D eigenvalue weighted by Crippen LogP contribution is -2.36. The molecule has 0 spiro atoms. The Morgan fingerprint density at radius 1 is 0.943 bits per heavy atom. The molecule has 8 nitrogen and oxygen atoms in total. The maximum Gasteiger partial charge on any atom is 0.322 e. The molecule has 0 bridgehead atoms. The highest BCUT2D eigenvalue weighted by molar-refractivity contribution is 6.04. The highest BCUT2D eigenvalue weighted by Crippen LogP contribution is 2.18. The number of nitrogens with zero attached hydrogens (tertiary/aromatic N) is 3. The van der Waals surface area contributed by atoms with Crippen molar-refractivity contribution in [1.82, 2.24) is 14.8 Å². The average Bonchev–Trinajstić information content (AvgIpc) is 2.82. The number of nitrogen functional groups attached to an aromatic ring is 1. The van der Waals surface area contributed by atoms with Crippen LogP contribution in [-0.4, -0.2) is 53.9 Å². The molecule has 3 amide bonds. The van der Waals surface area contributed by atoms with Crippen molar-refractivity contribution in [2.45, 2.75) is 26.8 Å². The first-order valence-electron chi connectivity index (χ1n) is 11.6. The van der Waals surface area contributed by atoms with E-state index in [0.29, 0.717) is 24.5 Å². The largest absolute Gasteiger partial charge is 0.397 e. The molecule has 0 unspecified atom stereocenters. The molecule has 0 fully saturated rings. The number of aryl methyl sites for hydroxylation is 2. The summed E-state index contributed by atoms with van der Waals surface area (Å²) in [7, 11) is 4.02. The van der Waals surface area contributed by atoms with Gasteiger partial charge >= 0.3 is 6.03 Å². The Hall–Kier alpha value is -3.91. The molecule has 35 heavy (non-hydrogen) atoms. The van der Waals surface area contributed by atoms with E-state index in [1.54, 1.807) is 41.4 Å². The number of amides is 3. The Bertz CT molecular complexity index is 1160. The minimum absolute atomic E-state index is 0.173. The molecule has 0 saturated heterocycles. The summed E-state index contributed by atoms with van der Waals surface area (Å²) < 4.78 is 0. The van der Waals surface area contributed by atoms with Crippen LogP contribution in [0.25, 0.3) is 0 Å². The molecule has 0 radical (unpaired) electrons. The number of pyridine rings is 1. The number of para-hydroxylation sites is 2. The molecule has 8 heteroatoms. The van der Waals surface area contributed by atoms with Crippen molar-refractivity contribution in [3.8, 4) is 0 Å².